The molecule has 250 valence electrons. The molecule has 1 heterocycles. The van der Waals surface area contributed by atoms with E-state index in [0.29, 0.717) is 6.17 Å². The standard InChI is InChI=1S/C40H80N2/c1-4-7-10-13-16-19-20-21-22-23-26-29-32-35-40-41(36-33-30-27-24-17-14-11-8-5-2)38-39-42(40)37-34-31-28-25-18-15-12-9-6-3/h38-40H,4-37H2,1-3H3. The van der Waals surface area contributed by atoms with Gasteiger partial charge in [-0.05, 0) is 25.7 Å². The van der Waals surface area contributed by atoms with Gasteiger partial charge in [0.1, 0.15) is 6.17 Å². The molecule has 0 radical (unpaired) electrons. The quantitative estimate of drug-likeness (QED) is 0.0690. The minimum atomic E-state index is 0.640. The molecule has 0 saturated heterocycles. The first-order valence-corrected chi connectivity index (χ1v) is 20.0. The molecule has 1 aliphatic heterocycles. The van der Waals surface area contributed by atoms with Gasteiger partial charge < -0.3 is 9.80 Å². The van der Waals surface area contributed by atoms with E-state index in [1.54, 1.807) is 0 Å². The summed E-state index contributed by atoms with van der Waals surface area (Å²) < 4.78 is 0. The summed E-state index contributed by atoms with van der Waals surface area (Å²) >= 11 is 0. The maximum Gasteiger partial charge on any atom is 0.101 e. The minimum absolute atomic E-state index is 0.640. The van der Waals surface area contributed by atoms with Gasteiger partial charge in [0.15, 0.2) is 0 Å². The van der Waals surface area contributed by atoms with Gasteiger partial charge in [-0.2, -0.15) is 0 Å². The van der Waals surface area contributed by atoms with Crippen LogP contribution >= 0.6 is 0 Å². The molecule has 0 aliphatic carbocycles. The largest absolute Gasteiger partial charge is 0.356 e. The van der Waals surface area contributed by atoms with Crippen LogP contribution in [0.15, 0.2) is 12.4 Å². The second-order valence-electron chi connectivity index (χ2n) is 13.9. The molecule has 0 aromatic rings. The molecule has 42 heavy (non-hydrogen) atoms. The number of hydrogen-bond acceptors (Lipinski definition) is 2. The minimum Gasteiger partial charge on any atom is -0.356 e. The summed E-state index contributed by atoms with van der Waals surface area (Å²) in [5, 5.41) is 0. The van der Waals surface area contributed by atoms with E-state index in [9.17, 15) is 0 Å². The Labute approximate surface area is 267 Å². The van der Waals surface area contributed by atoms with Crippen molar-refractivity contribution in [2.45, 2.75) is 232 Å². The zero-order valence-corrected chi connectivity index (χ0v) is 29.7. The predicted octanol–water partition coefficient (Wildman–Crippen LogP) is 13.9. The van der Waals surface area contributed by atoms with Gasteiger partial charge in [0, 0.05) is 25.5 Å². The molecule has 1 aliphatic rings. The van der Waals surface area contributed by atoms with Crippen molar-refractivity contribution in [3.8, 4) is 0 Å². The maximum atomic E-state index is 2.72. The van der Waals surface area contributed by atoms with E-state index >= 15 is 0 Å². The van der Waals surface area contributed by atoms with Crippen molar-refractivity contribution in [3.63, 3.8) is 0 Å². The summed E-state index contributed by atoms with van der Waals surface area (Å²) in [5.74, 6) is 0. The topological polar surface area (TPSA) is 6.48 Å². The molecule has 2 nitrogen and oxygen atoms in total. The van der Waals surface area contributed by atoms with Gasteiger partial charge in [-0.1, -0.05) is 201 Å². The van der Waals surface area contributed by atoms with Crippen molar-refractivity contribution in [1.82, 2.24) is 9.80 Å². The monoisotopic (exact) mass is 589 g/mol. The summed E-state index contributed by atoms with van der Waals surface area (Å²) in [5.41, 5.74) is 0. The Bertz CT molecular complexity index is 512. The van der Waals surface area contributed by atoms with Crippen LogP contribution in [0, 0.1) is 0 Å². The van der Waals surface area contributed by atoms with E-state index in [0.717, 1.165) is 0 Å². The van der Waals surface area contributed by atoms with Crippen molar-refractivity contribution in [1.29, 1.82) is 0 Å². The van der Waals surface area contributed by atoms with Gasteiger partial charge >= 0.3 is 0 Å². The maximum absolute atomic E-state index is 2.72. The number of rotatable bonds is 34. The molecule has 0 spiro atoms. The smallest absolute Gasteiger partial charge is 0.101 e. The van der Waals surface area contributed by atoms with Gasteiger partial charge in [-0.15, -0.1) is 0 Å². The zero-order valence-electron chi connectivity index (χ0n) is 29.7. The second kappa shape index (κ2) is 31.8. The van der Waals surface area contributed by atoms with Crippen LogP contribution in [0.1, 0.15) is 226 Å². The van der Waals surface area contributed by atoms with E-state index in [-0.39, 0.29) is 0 Å². The molecule has 0 atom stereocenters. The zero-order chi connectivity index (χ0) is 30.2. The van der Waals surface area contributed by atoms with E-state index in [2.05, 4.69) is 43.0 Å². The van der Waals surface area contributed by atoms with Gasteiger partial charge in [0.05, 0.1) is 0 Å². The molecule has 0 bridgehead atoms. The van der Waals surface area contributed by atoms with Crippen LogP contribution in [0.25, 0.3) is 0 Å². The van der Waals surface area contributed by atoms with Crippen molar-refractivity contribution in [2.75, 3.05) is 13.1 Å². The highest BCUT2D eigenvalue weighted by atomic mass is 15.4. The fourth-order valence-electron chi connectivity index (χ4n) is 6.89. The summed E-state index contributed by atoms with van der Waals surface area (Å²) in [6.45, 7) is 9.48. The fourth-order valence-corrected chi connectivity index (χ4v) is 6.89. The van der Waals surface area contributed by atoms with Crippen molar-refractivity contribution < 1.29 is 0 Å². The number of hydrogen-bond donors (Lipinski definition) is 0. The lowest BCUT2D eigenvalue weighted by atomic mass is 10.0. The molecule has 0 unspecified atom stereocenters. The first kappa shape index (κ1) is 39.4. The van der Waals surface area contributed by atoms with Crippen LogP contribution in [0.5, 0.6) is 0 Å². The lowest BCUT2D eigenvalue weighted by molar-refractivity contribution is 0.135. The van der Waals surface area contributed by atoms with Crippen molar-refractivity contribution in [3.05, 3.63) is 12.4 Å². The second-order valence-corrected chi connectivity index (χ2v) is 13.9. The first-order valence-electron chi connectivity index (χ1n) is 20.0. The number of nitrogens with zero attached hydrogens (tertiary/aromatic N) is 2. The fraction of sp³-hybridized carbons (Fsp3) is 0.950. The van der Waals surface area contributed by atoms with E-state index in [1.165, 1.54) is 219 Å². The van der Waals surface area contributed by atoms with Crippen LogP contribution in [0.4, 0.5) is 0 Å². The van der Waals surface area contributed by atoms with Crippen LogP contribution in [0.3, 0.4) is 0 Å². The predicted molar refractivity (Wildman–Crippen MR) is 191 cm³/mol. The van der Waals surface area contributed by atoms with Gasteiger partial charge in [-0.25, -0.2) is 0 Å². The van der Waals surface area contributed by atoms with E-state index < -0.39 is 0 Å². The summed E-state index contributed by atoms with van der Waals surface area (Å²) in [6, 6.07) is 0. The van der Waals surface area contributed by atoms with Crippen LogP contribution in [0.2, 0.25) is 0 Å². The normalized spacial score (nSPS) is 13.7. The molecule has 0 saturated carbocycles. The first-order chi connectivity index (χ1) is 20.8. The Balaban J connectivity index is 2.22. The molecular formula is C40H80N2. The van der Waals surface area contributed by atoms with E-state index in [1.807, 2.05) is 0 Å². The molecule has 0 amide bonds. The van der Waals surface area contributed by atoms with Crippen molar-refractivity contribution in [2.24, 2.45) is 0 Å². The van der Waals surface area contributed by atoms with Crippen LogP contribution in [-0.2, 0) is 0 Å². The Morgan fingerprint density at radius 1 is 0.310 bits per heavy atom. The Morgan fingerprint density at radius 3 is 0.833 bits per heavy atom. The summed E-state index contributed by atoms with van der Waals surface area (Å²) in [6.07, 6.45) is 51.4. The highest BCUT2D eigenvalue weighted by Gasteiger charge is 2.24. The Morgan fingerprint density at radius 2 is 0.548 bits per heavy atom. The lowest BCUT2D eigenvalue weighted by Crippen LogP contribution is -2.39. The molecule has 0 N–H and O–H groups in total. The third-order valence-electron chi connectivity index (χ3n) is 9.82. The molecule has 1 rings (SSSR count). The highest BCUT2D eigenvalue weighted by Crippen LogP contribution is 2.24. The summed E-state index contributed by atoms with van der Waals surface area (Å²) in [4.78, 5) is 5.44. The molecule has 2 heteroatoms. The molecule has 0 fully saturated rings. The van der Waals surface area contributed by atoms with Crippen LogP contribution in [-0.4, -0.2) is 29.1 Å². The SMILES string of the molecule is CCCCCCCCCCCCCCCC1N(CCCCCCCCCCC)C=CN1CCCCCCCCCCC. The number of unbranched alkanes of at least 4 members (excludes halogenated alkanes) is 28. The molecule has 0 aromatic heterocycles. The highest BCUT2D eigenvalue weighted by molar-refractivity contribution is 4.97. The van der Waals surface area contributed by atoms with Gasteiger partial charge in [-0.3, -0.25) is 0 Å². The third-order valence-corrected chi connectivity index (χ3v) is 9.82. The molecule has 0 aromatic carbocycles. The summed E-state index contributed by atoms with van der Waals surface area (Å²) in [7, 11) is 0. The third kappa shape index (κ3) is 23.8. The van der Waals surface area contributed by atoms with Crippen LogP contribution < -0.4 is 0 Å². The average molecular weight is 589 g/mol. The average Bonchev–Trinajstić information content (AvgIpc) is 3.38. The Kier molecular flexibility index (Phi) is 29.8. The van der Waals surface area contributed by atoms with E-state index in [4.69, 9.17) is 0 Å². The van der Waals surface area contributed by atoms with Gasteiger partial charge in [0.25, 0.3) is 0 Å². The Hall–Kier alpha value is -0.660. The molecular weight excluding hydrogens is 508 g/mol. The van der Waals surface area contributed by atoms with Crippen molar-refractivity contribution >= 4 is 0 Å². The lowest BCUT2D eigenvalue weighted by Gasteiger charge is -2.33. The van der Waals surface area contributed by atoms with Gasteiger partial charge in [0.2, 0.25) is 0 Å².